The molecular weight excluding hydrogens is 343 g/mol. The second-order valence-corrected chi connectivity index (χ2v) is 7.34. The van der Waals surface area contributed by atoms with Gasteiger partial charge in [0.1, 0.15) is 18.0 Å². The number of aromatic nitrogens is 2. The van der Waals surface area contributed by atoms with Gasteiger partial charge in [0, 0.05) is 11.9 Å². The van der Waals surface area contributed by atoms with Gasteiger partial charge in [0.15, 0.2) is 0 Å². The Hall–Kier alpha value is -2.74. The van der Waals surface area contributed by atoms with E-state index in [1.807, 2.05) is 12.1 Å². The minimum atomic E-state index is -3.34. The van der Waals surface area contributed by atoms with Gasteiger partial charge in [0.05, 0.1) is 17.5 Å². The summed E-state index contributed by atoms with van der Waals surface area (Å²) in [6.45, 7) is 0.505. The van der Waals surface area contributed by atoms with Crippen LogP contribution in [-0.2, 0) is 16.4 Å². The van der Waals surface area contributed by atoms with Gasteiger partial charge in [-0.3, -0.25) is 4.72 Å². The highest BCUT2D eigenvalue weighted by atomic mass is 32.2. The molecule has 0 radical (unpaired) electrons. The Morgan fingerprint density at radius 1 is 1.12 bits per heavy atom. The maximum atomic E-state index is 13.5. The Labute approximate surface area is 145 Å². The lowest BCUT2D eigenvalue weighted by Gasteiger charge is -2.12. The van der Waals surface area contributed by atoms with Crippen LogP contribution in [0.4, 0.5) is 15.9 Å². The molecule has 0 unspecified atom stereocenters. The first-order chi connectivity index (χ1) is 11.9. The van der Waals surface area contributed by atoms with E-state index in [1.165, 1.54) is 18.5 Å². The third-order valence-electron chi connectivity index (χ3n) is 3.60. The molecule has 25 heavy (non-hydrogen) atoms. The van der Waals surface area contributed by atoms with Gasteiger partial charge in [-0.05, 0) is 36.2 Å². The average molecular weight is 360 g/mol. The fourth-order valence-corrected chi connectivity index (χ4v) is 3.12. The molecule has 0 saturated carbocycles. The lowest BCUT2D eigenvalue weighted by atomic mass is 10.1. The minimum absolute atomic E-state index is 0.354. The fraction of sp³-hybridized carbons (Fsp3) is 0.176. The van der Waals surface area contributed by atoms with E-state index in [4.69, 9.17) is 0 Å². The van der Waals surface area contributed by atoms with Crippen molar-refractivity contribution in [3.8, 4) is 0 Å². The van der Waals surface area contributed by atoms with Crippen molar-refractivity contribution in [3.63, 3.8) is 0 Å². The molecule has 3 rings (SSSR count). The smallest absolute Gasteiger partial charge is 0.229 e. The zero-order valence-corrected chi connectivity index (χ0v) is 14.3. The summed E-state index contributed by atoms with van der Waals surface area (Å²) in [5.41, 5.74) is 2.05. The van der Waals surface area contributed by atoms with E-state index in [9.17, 15) is 12.8 Å². The van der Waals surface area contributed by atoms with Crippen molar-refractivity contribution in [1.82, 2.24) is 9.97 Å². The molecule has 6 nitrogen and oxygen atoms in total. The number of hydrogen-bond acceptors (Lipinski definition) is 5. The Morgan fingerprint density at radius 3 is 2.72 bits per heavy atom. The predicted molar refractivity (Wildman–Crippen MR) is 96.6 cm³/mol. The van der Waals surface area contributed by atoms with E-state index in [-0.39, 0.29) is 5.82 Å². The van der Waals surface area contributed by atoms with Crippen molar-refractivity contribution in [2.45, 2.75) is 6.42 Å². The highest BCUT2D eigenvalue weighted by molar-refractivity contribution is 7.92. The molecule has 0 amide bonds. The van der Waals surface area contributed by atoms with Crippen LogP contribution in [0.1, 0.15) is 5.56 Å². The fourth-order valence-electron chi connectivity index (χ4n) is 2.52. The molecule has 2 N–H and O–H groups in total. The van der Waals surface area contributed by atoms with Crippen molar-refractivity contribution in [3.05, 3.63) is 60.2 Å². The van der Waals surface area contributed by atoms with Crippen molar-refractivity contribution >= 4 is 32.4 Å². The molecule has 0 spiro atoms. The van der Waals surface area contributed by atoms with E-state index >= 15 is 0 Å². The maximum Gasteiger partial charge on any atom is 0.229 e. The van der Waals surface area contributed by atoms with Crippen molar-refractivity contribution < 1.29 is 12.8 Å². The third kappa shape index (κ3) is 4.42. The van der Waals surface area contributed by atoms with Crippen LogP contribution in [0, 0.1) is 5.82 Å². The van der Waals surface area contributed by atoms with Gasteiger partial charge in [-0.2, -0.15) is 0 Å². The number of benzene rings is 2. The minimum Gasteiger partial charge on any atom is -0.369 e. The van der Waals surface area contributed by atoms with Gasteiger partial charge < -0.3 is 5.32 Å². The Kier molecular flexibility index (Phi) is 4.80. The predicted octanol–water partition coefficient (Wildman–Crippen LogP) is 2.80. The number of nitrogens with one attached hydrogen (secondary N) is 2. The first-order valence-corrected chi connectivity index (χ1v) is 9.51. The molecule has 0 aliphatic carbocycles. The van der Waals surface area contributed by atoms with Crippen molar-refractivity contribution in [1.29, 1.82) is 0 Å². The number of nitrogens with zero attached hydrogens (tertiary/aromatic N) is 2. The van der Waals surface area contributed by atoms with Gasteiger partial charge in [-0.1, -0.05) is 18.2 Å². The highest BCUT2D eigenvalue weighted by Crippen LogP contribution is 2.21. The van der Waals surface area contributed by atoms with Crippen LogP contribution < -0.4 is 10.0 Å². The first-order valence-electron chi connectivity index (χ1n) is 7.62. The number of rotatable bonds is 6. The molecule has 0 atom stereocenters. The number of sulfonamides is 1. The molecule has 1 heterocycles. The zero-order valence-electron chi connectivity index (χ0n) is 13.5. The number of hydrogen-bond donors (Lipinski definition) is 2. The average Bonchev–Trinajstić information content (AvgIpc) is 2.55. The topological polar surface area (TPSA) is 84.0 Å². The summed E-state index contributed by atoms with van der Waals surface area (Å²) in [7, 11) is -3.34. The molecule has 0 saturated heterocycles. The molecule has 0 fully saturated rings. The molecule has 130 valence electrons. The van der Waals surface area contributed by atoms with Crippen LogP contribution in [0.15, 0.2) is 48.8 Å². The lowest BCUT2D eigenvalue weighted by molar-refractivity contribution is 0.606. The summed E-state index contributed by atoms with van der Waals surface area (Å²) in [4.78, 5) is 8.27. The second kappa shape index (κ2) is 7.02. The lowest BCUT2D eigenvalue weighted by Crippen LogP contribution is -2.13. The van der Waals surface area contributed by atoms with Crippen LogP contribution >= 0.6 is 0 Å². The van der Waals surface area contributed by atoms with E-state index in [2.05, 4.69) is 20.0 Å². The Morgan fingerprint density at radius 2 is 1.92 bits per heavy atom. The molecule has 8 heteroatoms. The van der Waals surface area contributed by atoms with Crippen LogP contribution in [0.3, 0.4) is 0 Å². The second-order valence-electron chi connectivity index (χ2n) is 5.59. The number of halogens is 1. The van der Waals surface area contributed by atoms with Gasteiger partial charge in [-0.25, -0.2) is 22.8 Å². The molecule has 2 aromatic carbocycles. The summed E-state index contributed by atoms with van der Waals surface area (Å²) >= 11 is 0. The quantitative estimate of drug-likeness (QED) is 0.706. The molecule has 0 aliphatic rings. The van der Waals surface area contributed by atoms with Crippen molar-refractivity contribution in [2.24, 2.45) is 0 Å². The van der Waals surface area contributed by atoms with Crippen molar-refractivity contribution in [2.75, 3.05) is 22.8 Å². The third-order valence-corrected chi connectivity index (χ3v) is 4.19. The van der Waals surface area contributed by atoms with Crippen LogP contribution in [0.5, 0.6) is 0 Å². The standard InChI is InChI=1S/C17H17FN4O2S/c1-25(23,24)22-15-5-3-2-4-12(15)8-9-19-17-14-10-13(18)6-7-16(14)20-11-21-17/h2-7,10-11,22H,8-9H2,1H3,(H,19,20,21). The van der Waals surface area contributed by atoms with Crippen LogP contribution in [0.25, 0.3) is 10.9 Å². The molecule has 3 aromatic rings. The normalized spacial score (nSPS) is 11.4. The molecule has 0 bridgehead atoms. The molecular formula is C17H17FN4O2S. The summed E-state index contributed by atoms with van der Waals surface area (Å²) < 4.78 is 38.9. The van der Waals surface area contributed by atoms with Crippen LogP contribution in [0.2, 0.25) is 0 Å². The van der Waals surface area contributed by atoms with E-state index < -0.39 is 10.0 Å². The van der Waals surface area contributed by atoms with E-state index in [0.29, 0.717) is 35.4 Å². The number of anilines is 2. The van der Waals surface area contributed by atoms with Gasteiger partial charge in [0.2, 0.25) is 10.0 Å². The Balaban J connectivity index is 1.75. The maximum absolute atomic E-state index is 13.5. The van der Waals surface area contributed by atoms with Crippen LogP contribution in [-0.4, -0.2) is 31.2 Å². The molecule has 1 aromatic heterocycles. The Bertz CT molecular complexity index is 1010. The summed E-state index contributed by atoms with van der Waals surface area (Å²) in [6.07, 6.45) is 3.10. The summed E-state index contributed by atoms with van der Waals surface area (Å²) in [5, 5.41) is 3.76. The largest absolute Gasteiger partial charge is 0.369 e. The zero-order chi connectivity index (χ0) is 17.9. The van der Waals surface area contributed by atoms with Gasteiger partial charge in [0.25, 0.3) is 0 Å². The van der Waals surface area contributed by atoms with E-state index in [0.717, 1.165) is 11.8 Å². The van der Waals surface area contributed by atoms with Gasteiger partial charge in [-0.15, -0.1) is 0 Å². The SMILES string of the molecule is CS(=O)(=O)Nc1ccccc1CCNc1ncnc2ccc(F)cc12. The summed E-state index contributed by atoms with van der Waals surface area (Å²) in [5.74, 6) is 0.186. The monoisotopic (exact) mass is 360 g/mol. The van der Waals surface area contributed by atoms with Gasteiger partial charge >= 0.3 is 0 Å². The first kappa shape index (κ1) is 17.1. The highest BCUT2D eigenvalue weighted by Gasteiger charge is 2.08. The van der Waals surface area contributed by atoms with E-state index in [1.54, 1.807) is 18.2 Å². The summed E-state index contributed by atoms with van der Waals surface area (Å²) in [6, 6.07) is 11.5. The molecule has 0 aliphatic heterocycles. The number of fused-ring (bicyclic) bond motifs is 1. The number of para-hydroxylation sites is 1.